The Labute approximate surface area is 221 Å². The Morgan fingerprint density at radius 3 is 2.76 bits per heavy atom. The van der Waals surface area contributed by atoms with Crippen LogP contribution < -0.4 is 15.6 Å². The second kappa shape index (κ2) is 9.62. The highest BCUT2D eigenvalue weighted by atomic mass is 28.4. The van der Waals surface area contributed by atoms with E-state index in [1.54, 1.807) is 54.5 Å². The average Bonchev–Trinajstić information content (AvgIpc) is 3.54. The summed E-state index contributed by atoms with van der Waals surface area (Å²) in [6, 6.07) is 8.16. The van der Waals surface area contributed by atoms with E-state index in [0.717, 1.165) is 12.8 Å². The molecule has 2 N–H and O–H groups in total. The van der Waals surface area contributed by atoms with E-state index in [4.69, 9.17) is 9.47 Å². The summed E-state index contributed by atoms with van der Waals surface area (Å²) in [5.41, 5.74) is -0.914. The number of carbonyl (C=O) groups excluding carboxylic acids is 2. The number of anilines is 1. The topological polar surface area (TPSA) is 110 Å². The summed E-state index contributed by atoms with van der Waals surface area (Å²) in [7, 11) is -2.00. The van der Waals surface area contributed by atoms with Gasteiger partial charge in [0, 0.05) is 41.1 Å². The summed E-state index contributed by atoms with van der Waals surface area (Å²) in [5.74, 6) is -0.982. The van der Waals surface area contributed by atoms with Crippen LogP contribution in [0.15, 0.2) is 41.3 Å². The molecule has 0 aliphatic carbocycles. The minimum Gasteiger partial charge on any atom is -0.491 e. The maximum Gasteiger partial charge on any atom is 0.297 e. The monoisotopic (exact) mass is 543 g/mol. The van der Waals surface area contributed by atoms with E-state index in [-0.39, 0.29) is 36.3 Å². The lowest BCUT2D eigenvalue weighted by Crippen LogP contribution is -2.42. The maximum absolute atomic E-state index is 15.9. The van der Waals surface area contributed by atoms with Gasteiger partial charge in [0.2, 0.25) is 14.3 Å². The van der Waals surface area contributed by atoms with Crippen molar-refractivity contribution < 1.29 is 28.3 Å². The van der Waals surface area contributed by atoms with Crippen molar-refractivity contribution in [2.75, 3.05) is 25.6 Å². The van der Waals surface area contributed by atoms with E-state index in [1.807, 2.05) is 6.92 Å². The number of likely N-dealkylation sites (tertiary alicyclic amines) is 1. The molecule has 204 valence electrons. The number of nitrogens with zero attached hydrogens (tertiary/aromatic N) is 2. The van der Waals surface area contributed by atoms with Gasteiger partial charge in [0.1, 0.15) is 0 Å². The number of aliphatic hydroxyl groups is 1. The van der Waals surface area contributed by atoms with Gasteiger partial charge in [0.15, 0.2) is 11.4 Å². The Hall–Kier alpha value is -3.02. The van der Waals surface area contributed by atoms with E-state index in [2.05, 4.69) is 5.32 Å². The van der Waals surface area contributed by atoms with Crippen LogP contribution in [0.1, 0.15) is 31.7 Å². The van der Waals surface area contributed by atoms with Crippen LogP contribution in [-0.4, -0.2) is 67.2 Å². The highest BCUT2D eigenvalue weighted by Crippen LogP contribution is 2.59. The second-order valence-electron chi connectivity index (χ2n) is 11.0. The van der Waals surface area contributed by atoms with Crippen LogP contribution in [0.25, 0.3) is 5.69 Å². The number of pyridine rings is 1. The fraction of sp³-hybridized carbons (Fsp3) is 0.519. The molecule has 2 amide bonds. The Morgan fingerprint density at radius 2 is 2.08 bits per heavy atom. The first-order valence-electron chi connectivity index (χ1n) is 13.0. The molecule has 2 saturated heterocycles. The molecule has 0 saturated carbocycles. The third-order valence-corrected chi connectivity index (χ3v) is 10.9. The first-order valence-corrected chi connectivity index (χ1v) is 16.0. The number of hydrogen-bond donors (Lipinski definition) is 2. The van der Waals surface area contributed by atoms with Gasteiger partial charge in [-0.25, -0.2) is 0 Å². The number of rotatable bonds is 6. The Balaban J connectivity index is 1.55. The van der Waals surface area contributed by atoms with Crippen LogP contribution in [0.2, 0.25) is 18.6 Å². The molecule has 1 aromatic heterocycles. The first-order chi connectivity index (χ1) is 18.0. The second-order valence-corrected chi connectivity index (χ2v) is 14.8. The molecule has 4 heterocycles. The van der Waals surface area contributed by atoms with Gasteiger partial charge >= 0.3 is 0 Å². The van der Waals surface area contributed by atoms with Crippen molar-refractivity contribution in [1.29, 1.82) is 0 Å². The predicted molar refractivity (Wildman–Crippen MR) is 142 cm³/mol. The molecule has 5 rings (SSSR count). The summed E-state index contributed by atoms with van der Waals surface area (Å²) in [6.07, 6.45) is 2.27. The smallest absolute Gasteiger partial charge is 0.297 e. The highest BCUT2D eigenvalue weighted by molar-refractivity contribution is 6.72. The van der Waals surface area contributed by atoms with Gasteiger partial charge in [0.25, 0.3) is 11.5 Å². The largest absolute Gasteiger partial charge is 0.491 e. The molecule has 38 heavy (non-hydrogen) atoms. The third kappa shape index (κ3) is 4.07. The predicted octanol–water partition coefficient (Wildman–Crippen LogP) is 2.95. The standard InChI is InChI=1S/C27H34FN3O6Si/c1-16-24(38(3,4)28)22(14-23(33)30-11-5-7-18(30)15-32)37-27(16)19-13-17(9-10-20(19)29-26(27)35)31-12-6-8-21(36-2)25(31)34/h6,8-10,12-13,16,18,22,24,32H,5,7,11,14-15H2,1-4H3,(H,29,35)/t16-,18-,22+,24-,27+/m0/s1. The number of methoxy groups -OCH3 is 1. The van der Waals surface area contributed by atoms with Gasteiger partial charge < -0.3 is 28.9 Å². The van der Waals surface area contributed by atoms with E-state index >= 15 is 4.11 Å². The van der Waals surface area contributed by atoms with Crippen LogP contribution >= 0.6 is 0 Å². The molecule has 2 fully saturated rings. The summed E-state index contributed by atoms with van der Waals surface area (Å²) in [4.78, 5) is 41.4. The lowest BCUT2D eigenvalue weighted by atomic mass is 9.82. The molecular formula is C27H34FN3O6Si. The van der Waals surface area contributed by atoms with Crippen molar-refractivity contribution in [1.82, 2.24) is 9.47 Å². The van der Waals surface area contributed by atoms with Crippen LogP contribution in [0.5, 0.6) is 5.75 Å². The minimum absolute atomic E-state index is 0.0642. The first kappa shape index (κ1) is 26.6. The molecule has 0 radical (unpaired) electrons. The number of ether oxygens (including phenoxy) is 2. The van der Waals surface area contributed by atoms with E-state index in [1.165, 1.54) is 11.7 Å². The van der Waals surface area contributed by atoms with Crippen molar-refractivity contribution in [3.8, 4) is 11.4 Å². The number of fused-ring (bicyclic) bond motifs is 2. The van der Waals surface area contributed by atoms with E-state index in [0.29, 0.717) is 23.5 Å². The van der Waals surface area contributed by atoms with Gasteiger partial charge in [-0.1, -0.05) is 6.92 Å². The van der Waals surface area contributed by atoms with Crippen molar-refractivity contribution in [2.45, 2.75) is 62.6 Å². The summed E-state index contributed by atoms with van der Waals surface area (Å²) in [5, 5.41) is 12.6. The van der Waals surface area contributed by atoms with Crippen molar-refractivity contribution in [3.05, 3.63) is 52.4 Å². The number of amides is 2. The normalized spacial score (nSPS) is 28.6. The molecule has 1 aromatic carbocycles. The molecule has 0 bridgehead atoms. The van der Waals surface area contributed by atoms with E-state index in [9.17, 15) is 19.5 Å². The van der Waals surface area contributed by atoms with Crippen LogP contribution in [0, 0.1) is 5.92 Å². The minimum atomic E-state index is -3.42. The quantitative estimate of drug-likeness (QED) is 0.428. The highest BCUT2D eigenvalue weighted by Gasteiger charge is 2.65. The zero-order chi connectivity index (χ0) is 27.4. The fourth-order valence-electron chi connectivity index (χ4n) is 6.68. The number of nitrogens with one attached hydrogen (secondary N) is 1. The molecule has 3 aliphatic heterocycles. The third-order valence-electron chi connectivity index (χ3n) is 8.39. The van der Waals surface area contributed by atoms with E-state index < -0.39 is 37.5 Å². The molecule has 1 spiro atoms. The van der Waals surface area contributed by atoms with Gasteiger partial charge in [0.05, 0.1) is 32.3 Å². The van der Waals surface area contributed by atoms with Gasteiger partial charge in [-0.05, 0) is 56.3 Å². The Morgan fingerprint density at radius 1 is 1.32 bits per heavy atom. The molecule has 0 unspecified atom stereocenters. The molecule has 11 heteroatoms. The van der Waals surface area contributed by atoms with Crippen LogP contribution in [0.3, 0.4) is 0 Å². The van der Waals surface area contributed by atoms with Crippen molar-refractivity contribution in [2.24, 2.45) is 5.92 Å². The number of benzene rings is 1. The SMILES string of the molecule is COc1cccn(-c2ccc3c(c2)[C@@]2(O[C@H](CC(=O)N4CCC[C@H]4CO)[C@@H]([Si](C)(C)F)[C@@H]2C)C(=O)N3)c1=O. The Bertz CT molecular complexity index is 1330. The maximum atomic E-state index is 15.9. The van der Waals surface area contributed by atoms with Crippen molar-refractivity contribution in [3.63, 3.8) is 0 Å². The number of aliphatic hydroxyl groups excluding tert-OH is 1. The van der Waals surface area contributed by atoms with Gasteiger partial charge in [-0.3, -0.25) is 19.0 Å². The summed E-state index contributed by atoms with van der Waals surface area (Å²) >= 11 is 0. The van der Waals surface area contributed by atoms with Gasteiger partial charge in [-0.15, -0.1) is 0 Å². The molecule has 2 aromatic rings. The lowest BCUT2D eigenvalue weighted by molar-refractivity contribution is -0.148. The molecule has 3 aliphatic rings. The zero-order valence-electron chi connectivity index (χ0n) is 22.1. The van der Waals surface area contributed by atoms with Gasteiger partial charge in [-0.2, -0.15) is 0 Å². The summed E-state index contributed by atoms with van der Waals surface area (Å²) < 4.78 is 29.0. The average molecular weight is 544 g/mol. The summed E-state index contributed by atoms with van der Waals surface area (Å²) in [6.45, 7) is 5.41. The number of carbonyl (C=O) groups is 2. The fourth-order valence-corrected chi connectivity index (χ4v) is 9.17. The van der Waals surface area contributed by atoms with Crippen LogP contribution in [-0.2, 0) is 19.9 Å². The number of halogens is 1. The van der Waals surface area contributed by atoms with Crippen LogP contribution in [0.4, 0.5) is 9.80 Å². The molecule has 9 nitrogen and oxygen atoms in total. The number of aromatic nitrogens is 1. The Kier molecular flexibility index (Phi) is 6.73. The number of hydrogen-bond acceptors (Lipinski definition) is 6. The zero-order valence-corrected chi connectivity index (χ0v) is 23.1. The lowest BCUT2D eigenvalue weighted by Gasteiger charge is -2.31. The van der Waals surface area contributed by atoms with Crippen molar-refractivity contribution >= 4 is 25.9 Å². The molecular weight excluding hydrogens is 509 g/mol. The molecule has 5 atom stereocenters.